The molecule has 1 aliphatic heterocycles. The predicted molar refractivity (Wildman–Crippen MR) is 149 cm³/mol. The van der Waals surface area contributed by atoms with Gasteiger partial charge in [0.25, 0.3) is 5.91 Å². The van der Waals surface area contributed by atoms with Crippen molar-refractivity contribution in [2.45, 2.75) is 38.5 Å². The molecule has 0 saturated carbocycles. The smallest absolute Gasteiger partial charge is 0.251 e. The Labute approximate surface area is 240 Å². The standard InChI is InChI=1S/C28H29N9O5/c1-18-9-12-24(42-18)27(28(39)29-15-20-6-5-13-41-20)37(26(38)16-35-22-8-4-3-7-21(22)31-33-35)19-10-11-23(25(14-19)40-2)36-17-30-32-34-36/h3-4,7-12,14,17,20,27H,5-6,13,15-16H2,1-2H3,(H,29,39)/t20-,27+/m0/s1. The first kappa shape index (κ1) is 27.1. The minimum Gasteiger partial charge on any atom is -0.494 e. The van der Waals surface area contributed by atoms with Gasteiger partial charge < -0.3 is 19.2 Å². The van der Waals surface area contributed by atoms with Crippen molar-refractivity contribution in [2.75, 3.05) is 25.2 Å². The number of ether oxygens (including phenoxy) is 2. The number of anilines is 1. The van der Waals surface area contributed by atoms with Crippen LogP contribution in [0.4, 0.5) is 5.69 Å². The minimum absolute atomic E-state index is 0.0886. The molecule has 1 N–H and O–H groups in total. The van der Waals surface area contributed by atoms with E-state index < -0.39 is 17.9 Å². The third kappa shape index (κ3) is 5.43. The SMILES string of the molecule is COc1cc(N(C(=O)Cn2nnc3ccccc32)[C@@H](C(=O)NC[C@@H]2CCCO2)c2ccc(C)o2)ccc1-n1cnnn1. The van der Waals surface area contributed by atoms with Crippen molar-refractivity contribution < 1.29 is 23.5 Å². The molecule has 0 spiro atoms. The second kappa shape index (κ2) is 11.8. The maximum atomic E-state index is 14.3. The van der Waals surface area contributed by atoms with E-state index in [1.807, 2.05) is 24.3 Å². The molecule has 1 fully saturated rings. The lowest BCUT2D eigenvalue weighted by molar-refractivity contribution is -0.127. The van der Waals surface area contributed by atoms with Gasteiger partial charge >= 0.3 is 0 Å². The predicted octanol–water partition coefficient (Wildman–Crippen LogP) is 2.39. The molecule has 42 heavy (non-hydrogen) atoms. The molecule has 0 radical (unpaired) electrons. The van der Waals surface area contributed by atoms with Crippen LogP contribution >= 0.6 is 0 Å². The van der Waals surface area contributed by atoms with Crippen LogP contribution < -0.4 is 15.0 Å². The average molecular weight is 572 g/mol. The molecule has 0 unspecified atom stereocenters. The molecule has 5 aromatic rings. The number of carbonyl (C=O) groups excluding carboxylic acids is 2. The Kier molecular flexibility index (Phi) is 7.60. The third-order valence-electron chi connectivity index (χ3n) is 7.08. The summed E-state index contributed by atoms with van der Waals surface area (Å²) in [6, 6.07) is 14.7. The molecule has 3 aromatic heterocycles. The van der Waals surface area contributed by atoms with E-state index in [4.69, 9.17) is 13.9 Å². The summed E-state index contributed by atoms with van der Waals surface area (Å²) in [6.07, 6.45) is 3.13. The van der Waals surface area contributed by atoms with Crippen LogP contribution in [0.25, 0.3) is 16.7 Å². The quantitative estimate of drug-likeness (QED) is 0.264. The van der Waals surface area contributed by atoms with Crippen LogP contribution in [0, 0.1) is 6.92 Å². The molecule has 0 aliphatic carbocycles. The van der Waals surface area contributed by atoms with Gasteiger partial charge in [-0.1, -0.05) is 17.3 Å². The number of furan rings is 1. The van der Waals surface area contributed by atoms with Gasteiger partial charge in [-0.2, -0.15) is 4.68 Å². The first-order valence-corrected chi connectivity index (χ1v) is 13.5. The Morgan fingerprint density at radius 1 is 1.17 bits per heavy atom. The number of aryl methyl sites for hydroxylation is 1. The molecule has 2 aromatic carbocycles. The summed E-state index contributed by atoms with van der Waals surface area (Å²) in [5.74, 6) is 0.452. The second-order valence-corrected chi connectivity index (χ2v) is 9.84. The number of carbonyl (C=O) groups is 2. The first-order chi connectivity index (χ1) is 20.5. The Balaban J connectivity index is 1.42. The van der Waals surface area contributed by atoms with Crippen LogP contribution in [0.1, 0.15) is 30.4 Å². The van der Waals surface area contributed by atoms with Crippen molar-refractivity contribution >= 4 is 28.5 Å². The zero-order valence-corrected chi connectivity index (χ0v) is 23.1. The topological polar surface area (TPSA) is 155 Å². The van der Waals surface area contributed by atoms with Crippen molar-refractivity contribution in [2.24, 2.45) is 0 Å². The van der Waals surface area contributed by atoms with E-state index in [2.05, 4.69) is 31.2 Å². The lowest BCUT2D eigenvalue weighted by atomic mass is 10.1. The van der Waals surface area contributed by atoms with Gasteiger partial charge in [0.05, 0.1) is 18.7 Å². The Morgan fingerprint density at radius 2 is 2.05 bits per heavy atom. The summed E-state index contributed by atoms with van der Waals surface area (Å²) >= 11 is 0. The number of methoxy groups -OCH3 is 1. The van der Waals surface area contributed by atoms with E-state index >= 15 is 0 Å². The highest BCUT2D eigenvalue weighted by atomic mass is 16.5. The number of nitrogens with zero attached hydrogens (tertiary/aromatic N) is 8. The van der Waals surface area contributed by atoms with Gasteiger partial charge in [-0.05, 0) is 66.6 Å². The minimum atomic E-state index is -1.15. The monoisotopic (exact) mass is 571 g/mol. The van der Waals surface area contributed by atoms with Gasteiger partial charge in [-0.3, -0.25) is 14.5 Å². The largest absolute Gasteiger partial charge is 0.494 e. The average Bonchev–Trinajstić information content (AvgIpc) is 3.83. The molecule has 14 heteroatoms. The Bertz CT molecular complexity index is 1690. The van der Waals surface area contributed by atoms with Crippen molar-refractivity contribution in [1.29, 1.82) is 0 Å². The van der Waals surface area contributed by atoms with Gasteiger partial charge in [0.2, 0.25) is 5.91 Å². The number of nitrogens with one attached hydrogen (secondary N) is 1. The van der Waals surface area contributed by atoms with Crippen molar-refractivity contribution in [3.63, 3.8) is 0 Å². The maximum absolute atomic E-state index is 14.3. The van der Waals surface area contributed by atoms with Crippen molar-refractivity contribution in [3.8, 4) is 11.4 Å². The van der Waals surface area contributed by atoms with Gasteiger partial charge in [0.15, 0.2) is 6.04 Å². The lowest BCUT2D eigenvalue weighted by Crippen LogP contribution is -2.46. The molecule has 1 aliphatic rings. The van der Waals surface area contributed by atoms with E-state index in [1.165, 1.54) is 27.7 Å². The summed E-state index contributed by atoms with van der Waals surface area (Å²) in [5.41, 5.74) is 2.28. The lowest BCUT2D eigenvalue weighted by Gasteiger charge is -2.30. The zero-order chi connectivity index (χ0) is 29.1. The van der Waals surface area contributed by atoms with Crippen LogP contribution in [-0.2, 0) is 20.9 Å². The molecule has 4 heterocycles. The molecule has 0 bridgehead atoms. The number of rotatable bonds is 10. The van der Waals surface area contributed by atoms with Crippen molar-refractivity contribution in [3.05, 3.63) is 72.4 Å². The number of aromatic nitrogens is 7. The molecule has 2 atom stereocenters. The fourth-order valence-corrected chi connectivity index (χ4v) is 5.04. The summed E-state index contributed by atoms with van der Waals surface area (Å²) < 4.78 is 20.3. The van der Waals surface area contributed by atoms with Crippen LogP contribution in [0.15, 0.2) is 65.3 Å². The fourth-order valence-electron chi connectivity index (χ4n) is 5.04. The molecule has 216 valence electrons. The zero-order valence-electron chi connectivity index (χ0n) is 23.1. The number of para-hydroxylation sites is 1. The first-order valence-electron chi connectivity index (χ1n) is 13.5. The molecule has 14 nitrogen and oxygen atoms in total. The van der Waals surface area contributed by atoms with Gasteiger partial charge in [-0.15, -0.1) is 10.2 Å². The van der Waals surface area contributed by atoms with Crippen molar-refractivity contribution in [1.82, 2.24) is 40.5 Å². The molecule has 2 amide bonds. The van der Waals surface area contributed by atoms with E-state index in [0.717, 1.165) is 12.8 Å². The molecular weight excluding hydrogens is 542 g/mol. The number of hydrogen-bond acceptors (Lipinski definition) is 10. The number of hydrogen-bond donors (Lipinski definition) is 1. The summed E-state index contributed by atoms with van der Waals surface area (Å²) in [6.45, 7) is 2.56. The second-order valence-electron chi connectivity index (χ2n) is 9.84. The van der Waals surface area contributed by atoms with E-state index in [0.29, 0.717) is 52.8 Å². The van der Waals surface area contributed by atoms with E-state index in [9.17, 15) is 9.59 Å². The molecule has 6 rings (SSSR count). The van der Waals surface area contributed by atoms with Gasteiger partial charge in [-0.25, -0.2) is 4.68 Å². The summed E-state index contributed by atoms with van der Waals surface area (Å²) in [4.78, 5) is 29.6. The van der Waals surface area contributed by atoms with Crippen LogP contribution in [0.2, 0.25) is 0 Å². The summed E-state index contributed by atoms with van der Waals surface area (Å²) in [7, 11) is 1.50. The highest BCUT2D eigenvalue weighted by Crippen LogP contribution is 2.34. The normalized spacial score (nSPS) is 15.5. The highest BCUT2D eigenvalue weighted by Gasteiger charge is 2.36. The van der Waals surface area contributed by atoms with Crippen LogP contribution in [0.5, 0.6) is 5.75 Å². The van der Waals surface area contributed by atoms with Gasteiger partial charge in [0, 0.05) is 24.9 Å². The fraction of sp³-hybridized carbons (Fsp3) is 0.321. The maximum Gasteiger partial charge on any atom is 0.251 e. The Morgan fingerprint density at radius 3 is 2.79 bits per heavy atom. The summed E-state index contributed by atoms with van der Waals surface area (Å²) in [5, 5.41) is 22.7. The highest BCUT2D eigenvalue weighted by molar-refractivity contribution is 6.01. The van der Waals surface area contributed by atoms with Crippen LogP contribution in [-0.4, -0.2) is 73.4 Å². The third-order valence-corrected chi connectivity index (χ3v) is 7.08. The number of fused-ring (bicyclic) bond motifs is 1. The Hall–Kier alpha value is -5.11. The molecular formula is C28H29N9O5. The molecule has 1 saturated heterocycles. The van der Waals surface area contributed by atoms with E-state index in [1.54, 1.807) is 37.3 Å². The van der Waals surface area contributed by atoms with E-state index in [-0.39, 0.29) is 12.6 Å². The number of amides is 2. The number of benzene rings is 2. The van der Waals surface area contributed by atoms with Crippen LogP contribution in [0.3, 0.4) is 0 Å². The number of tetrazole rings is 1. The van der Waals surface area contributed by atoms with Gasteiger partial charge in [0.1, 0.15) is 41.3 Å².